The molecule has 0 aromatic rings. The molecule has 0 aromatic carbocycles. The summed E-state index contributed by atoms with van der Waals surface area (Å²) in [5, 5.41) is 0. The Balaban J connectivity index is 0. The van der Waals surface area contributed by atoms with Gasteiger partial charge >= 0.3 is 0 Å². The Hall–Kier alpha value is -0.0800. The fourth-order valence-electron chi connectivity index (χ4n) is 0.564. The predicted octanol–water partition coefficient (Wildman–Crippen LogP) is 3.19. The van der Waals surface area contributed by atoms with Gasteiger partial charge in [-0.05, 0) is 0 Å². The van der Waals surface area contributed by atoms with E-state index in [0.29, 0.717) is 37.4 Å². The first-order valence-corrected chi connectivity index (χ1v) is 5.84. The first-order chi connectivity index (χ1) is 6.62. The van der Waals surface area contributed by atoms with E-state index in [1.807, 2.05) is 13.8 Å². The van der Waals surface area contributed by atoms with Crippen LogP contribution in [0, 0.1) is 0 Å². The summed E-state index contributed by atoms with van der Waals surface area (Å²) in [7, 11) is 0. The summed E-state index contributed by atoms with van der Waals surface area (Å²) >= 11 is 10.5. The molecular weight excluding hydrogens is 223 g/mol. The maximum Gasteiger partial charge on any atom is 0.133 e. The minimum atomic E-state index is 0.245. The van der Waals surface area contributed by atoms with Crippen LogP contribution >= 0.6 is 23.2 Å². The molecule has 0 saturated carbocycles. The van der Waals surface area contributed by atoms with Crippen LogP contribution in [0.4, 0.5) is 0 Å². The number of carbonyl (C=O) groups is 2. The Morgan fingerprint density at radius 1 is 0.857 bits per heavy atom. The zero-order valence-electron chi connectivity index (χ0n) is 8.82. The molecule has 0 fully saturated rings. The quantitative estimate of drug-likeness (QED) is 0.669. The summed E-state index contributed by atoms with van der Waals surface area (Å²) < 4.78 is 0. The molecule has 0 aliphatic rings. The van der Waals surface area contributed by atoms with E-state index in [9.17, 15) is 9.59 Å². The van der Waals surface area contributed by atoms with Crippen LogP contribution < -0.4 is 0 Å². The Kier molecular flexibility index (Phi) is 15.1. The van der Waals surface area contributed by atoms with Crippen molar-refractivity contribution in [3.63, 3.8) is 0 Å². The van der Waals surface area contributed by atoms with E-state index >= 15 is 0 Å². The summed E-state index contributed by atoms with van der Waals surface area (Å²) in [6.45, 7) is 3.68. The monoisotopic (exact) mass is 240 g/mol. The summed E-state index contributed by atoms with van der Waals surface area (Å²) in [4.78, 5) is 20.7. The van der Waals surface area contributed by atoms with Gasteiger partial charge in [0.1, 0.15) is 11.6 Å². The van der Waals surface area contributed by atoms with E-state index in [2.05, 4.69) is 0 Å². The van der Waals surface area contributed by atoms with Crippen LogP contribution in [0.3, 0.4) is 0 Å². The van der Waals surface area contributed by atoms with Crippen LogP contribution in [-0.2, 0) is 9.59 Å². The molecular formula is C10H18Cl2O2. The molecule has 0 bridgehead atoms. The smallest absolute Gasteiger partial charge is 0.133 e. The van der Waals surface area contributed by atoms with Gasteiger partial charge in [-0.1, -0.05) is 13.8 Å². The molecule has 0 atom stereocenters. The first kappa shape index (κ1) is 16.4. The van der Waals surface area contributed by atoms with Crippen LogP contribution in [-0.4, -0.2) is 23.3 Å². The Morgan fingerprint density at radius 3 is 1.21 bits per heavy atom. The van der Waals surface area contributed by atoms with Gasteiger partial charge in [0, 0.05) is 37.4 Å². The maximum atomic E-state index is 10.3. The Labute approximate surface area is 96.0 Å². The standard InChI is InChI=1S/2C5H9ClO/c2*1-2-5(7)3-4-6/h2*2-4H2,1H3. The lowest BCUT2D eigenvalue weighted by Gasteiger charge is -1.85. The number of ketones is 2. The van der Waals surface area contributed by atoms with Gasteiger partial charge in [-0.15, -0.1) is 23.2 Å². The normalized spacial score (nSPS) is 8.86. The highest BCUT2D eigenvalue weighted by Crippen LogP contribution is 1.89. The molecule has 2 nitrogen and oxygen atoms in total. The molecule has 0 amide bonds. The van der Waals surface area contributed by atoms with E-state index < -0.39 is 0 Å². The molecule has 4 heteroatoms. The highest BCUT2D eigenvalue weighted by atomic mass is 35.5. The third kappa shape index (κ3) is 14.4. The van der Waals surface area contributed by atoms with E-state index in [0.717, 1.165) is 0 Å². The van der Waals surface area contributed by atoms with Crippen LogP contribution in [0.2, 0.25) is 0 Å². The van der Waals surface area contributed by atoms with Gasteiger partial charge in [-0.25, -0.2) is 0 Å². The number of rotatable bonds is 6. The molecule has 0 heterocycles. The van der Waals surface area contributed by atoms with Crippen molar-refractivity contribution < 1.29 is 9.59 Å². The van der Waals surface area contributed by atoms with Gasteiger partial charge in [0.25, 0.3) is 0 Å². The average Bonchev–Trinajstić information content (AvgIpc) is 2.19. The molecule has 14 heavy (non-hydrogen) atoms. The van der Waals surface area contributed by atoms with Crippen LogP contribution in [0.15, 0.2) is 0 Å². The highest BCUT2D eigenvalue weighted by Gasteiger charge is 1.93. The van der Waals surface area contributed by atoms with Crippen molar-refractivity contribution in [2.45, 2.75) is 39.5 Å². The van der Waals surface area contributed by atoms with Crippen molar-refractivity contribution in [1.82, 2.24) is 0 Å². The van der Waals surface area contributed by atoms with Gasteiger partial charge in [-0.2, -0.15) is 0 Å². The minimum Gasteiger partial charge on any atom is -0.300 e. The SMILES string of the molecule is CCC(=O)CCCl.CCC(=O)CCCl. The fourth-order valence-corrected chi connectivity index (χ4v) is 0.986. The largest absolute Gasteiger partial charge is 0.300 e. The van der Waals surface area contributed by atoms with Gasteiger partial charge < -0.3 is 0 Å². The van der Waals surface area contributed by atoms with Crippen molar-refractivity contribution in [3.05, 3.63) is 0 Å². The fraction of sp³-hybridized carbons (Fsp3) is 0.800. The molecule has 0 saturated heterocycles. The third-order valence-corrected chi connectivity index (χ3v) is 1.91. The number of carbonyl (C=O) groups excluding carboxylic acids is 2. The van der Waals surface area contributed by atoms with Crippen molar-refractivity contribution in [3.8, 4) is 0 Å². The van der Waals surface area contributed by atoms with Crippen LogP contribution in [0.1, 0.15) is 39.5 Å². The molecule has 0 spiro atoms. The predicted molar refractivity (Wildman–Crippen MR) is 61.3 cm³/mol. The molecule has 0 aliphatic carbocycles. The lowest BCUT2D eigenvalue weighted by molar-refractivity contribution is -0.119. The molecule has 0 N–H and O–H groups in total. The number of alkyl halides is 2. The lowest BCUT2D eigenvalue weighted by Crippen LogP contribution is -1.93. The summed E-state index contributed by atoms with van der Waals surface area (Å²) in [6.07, 6.45) is 2.29. The third-order valence-electron chi connectivity index (χ3n) is 1.54. The van der Waals surface area contributed by atoms with Gasteiger partial charge in [0.2, 0.25) is 0 Å². The molecule has 0 aliphatic heterocycles. The minimum absolute atomic E-state index is 0.245. The lowest BCUT2D eigenvalue weighted by atomic mass is 10.2. The van der Waals surface area contributed by atoms with Crippen LogP contribution in [0.25, 0.3) is 0 Å². The van der Waals surface area contributed by atoms with E-state index in [1.165, 1.54) is 0 Å². The second kappa shape index (κ2) is 12.9. The second-order valence-electron chi connectivity index (χ2n) is 2.66. The highest BCUT2D eigenvalue weighted by molar-refractivity contribution is 6.19. The number of hydrogen-bond acceptors (Lipinski definition) is 2. The number of Topliss-reactive ketones (excluding diaryl/α,β-unsaturated/α-hetero) is 2. The molecule has 0 unspecified atom stereocenters. The maximum absolute atomic E-state index is 10.3. The average molecular weight is 241 g/mol. The zero-order chi connectivity index (χ0) is 11.4. The number of halogens is 2. The van der Waals surface area contributed by atoms with Gasteiger partial charge in [0.15, 0.2) is 0 Å². The second-order valence-corrected chi connectivity index (χ2v) is 3.42. The van der Waals surface area contributed by atoms with Crippen molar-refractivity contribution in [2.75, 3.05) is 11.8 Å². The Morgan fingerprint density at radius 2 is 1.14 bits per heavy atom. The van der Waals surface area contributed by atoms with Gasteiger partial charge in [0.05, 0.1) is 0 Å². The van der Waals surface area contributed by atoms with Crippen LogP contribution in [0.5, 0.6) is 0 Å². The molecule has 0 rings (SSSR count). The molecule has 0 aromatic heterocycles. The van der Waals surface area contributed by atoms with Gasteiger partial charge in [-0.3, -0.25) is 9.59 Å². The summed E-state index contributed by atoms with van der Waals surface area (Å²) in [5.41, 5.74) is 0. The van der Waals surface area contributed by atoms with Crippen molar-refractivity contribution in [1.29, 1.82) is 0 Å². The van der Waals surface area contributed by atoms with Crippen molar-refractivity contribution in [2.24, 2.45) is 0 Å². The topological polar surface area (TPSA) is 34.1 Å². The van der Waals surface area contributed by atoms with E-state index in [-0.39, 0.29) is 11.6 Å². The first-order valence-electron chi connectivity index (χ1n) is 4.77. The van der Waals surface area contributed by atoms with E-state index in [1.54, 1.807) is 0 Å². The molecule has 0 radical (unpaired) electrons. The summed E-state index contributed by atoms with van der Waals surface area (Å²) in [6, 6.07) is 0. The summed E-state index contributed by atoms with van der Waals surface area (Å²) in [5.74, 6) is 1.42. The number of hydrogen-bond donors (Lipinski definition) is 0. The van der Waals surface area contributed by atoms with E-state index in [4.69, 9.17) is 23.2 Å². The molecule has 84 valence electrons. The Bertz CT molecular complexity index is 140. The van der Waals surface area contributed by atoms with Crippen molar-refractivity contribution >= 4 is 34.8 Å². The zero-order valence-corrected chi connectivity index (χ0v) is 10.3.